The molecule has 4 heteroatoms. The van der Waals surface area contributed by atoms with Crippen molar-refractivity contribution in [2.24, 2.45) is 0 Å². The summed E-state index contributed by atoms with van der Waals surface area (Å²) in [6.07, 6.45) is 2.13. The maximum atomic E-state index is 5.82. The molecule has 0 radical (unpaired) electrons. The highest BCUT2D eigenvalue weighted by molar-refractivity contribution is 6.16. The van der Waals surface area contributed by atoms with Crippen LogP contribution in [-0.2, 0) is 23.8 Å². The zero-order valence-corrected chi connectivity index (χ0v) is 10.1. The van der Waals surface area contributed by atoms with Gasteiger partial charge < -0.3 is 9.30 Å². The van der Waals surface area contributed by atoms with Gasteiger partial charge in [0, 0.05) is 6.20 Å². The van der Waals surface area contributed by atoms with Gasteiger partial charge in [-0.2, -0.15) is 0 Å². The van der Waals surface area contributed by atoms with Crippen molar-refractivity contribution in [1.82, 2.24) is 9.55 Å². The van der Waals surface area contributed by atoms with Gasteiger partial charge >= 0.3 is 0 Å². The molecule has 17 heavy (non-hydrogen) atoms. The SMILES string of the molecule is ClCc1cn2c(n1)CO[C@@H](c1ccccc1)C2. The lowest BCUT2D eigenvalue weighted by Crippen LogP contribution is -2.20. The lowest BCUT2D eigenvalue weighted by atomic mass is 10.1. The largest absolute Gasteiger partial charge is 0.364 e. The summed E-state index contributed by atoms with van der Waals surface area (Å²) in [5.41, 5.74) is 2.12. The lowest BCUT2D eigenvalue weighted by Gasteiger charge is -2.24. The Balaban J connectivity index is 1.85. The van der Waals surface area contributed by atoms with E-state index in [1.165, 1.54) is 5.56 Å². The molecule has 0 saturated heterocycles. The van der Waals surface area contributed by atoms with Crippen molar-refractivity contribution in [2.45, 2.75) is 25.1 Å². The molecule has 88 valence electrons. The van der Waals surface area contributed by atoms with E-state index in [1.54, 1.807) is 0 Å². The molecule has 1 atom stereocenters. The molecule has 3 nitrogen and oxygen atoms in total. The first-order chi connectivity index (χ1) is 8.36. The molecule has 0 fully saturated rings. The Morgan fingerprint density at radius 2 is 2.18 bits per heavy atom. The highest BCUT2D eigenvalue weighted by atomic mass is 35.5. The van der Waals surface area contributed by atoms with Crippen LogP contribution in [0.4, 0.5) is 0 Å². The van der Waals surface area contributed by atoms with Crippen LogP contribution in [0, 0.1) is 0 Å². The third-order valence-corrected chi connectivity index (χ3v) is 3.27. The van der Waals surface area contributed by atoms with E-state index >= 15 is 0 Å². The van der Waals surface area contributed by atoms with E-state index in [0.717, 1.165) is 18.1 Å². The standard InChI is InChI=1S/C13H13ClN2O/c14-6-11-7-16-8-12(17-9-13(16)15-11)10-4-2-1-3-5-10/h1-5,7,12H,6,8-9H2/t12-/m1/s1. The Hall–Kier alpha value is -1.32. The fourth-order valence-corrected chi connectivity index (χ4v) is 2.26. The van der Waals surface area contributed by atoms with E-state index in [2.05, 4.69) is 21.7 Å². The third-order valence-electron chi connectivity index (χ3n) is 2.99. The molecule has 1 aromatic carbocycles. The molecule has 3 rings (SSSR count). The molecule has 0 amide bonds. The van der Waals surface area contributed by atoms with Gasteiger partial charge in [0.05, 0.1) is 18.1 Å². The summed E-state index contributed by atoms with van der Waals surface area (Å²) in [6.45, 7) is 1.36. The van der Waals surface area contributed by atoms with Gasteiger partial charge in [0.1, 0.15) is 18.5 Å². The van der Waals surface area contributed by atoms with Crippen molar-refractivity contribution in [2.75, 3.05) is 0 Å². The van der Waals surface area contributed by atoms with Crippen molar-refractivity contribution in [1.29, 1.82) is 0 Å². The van der Waals surface area contributed by atoms with Gasteiger partial charge in [-0.3, -0.25) is 0 Å². The van der Waals surface area contributed by atoms with Gasteiger partial charge in [0.15, 0.2) is 0 Å². The molecule has 0 saturated carbocycles. The molecule has 2 aromatic rings. The van der Waals surface area contributed by atoms with Crippen LogP contribution < -0.4 is 0 Å². The van der Waals surface area contributed by atoms with Crippen LogP contribution in [-0.4, -0.2) is 9.55 Å². The predicted molar refractivity (Wildman–Crippen MR) is 65.8 cm³/mol. The Labute approximate surface area is 105 Å². The van der Waals surface area contributed by atoms with Gasteiger partial charge in [-0.15, -0.1) is 11.6 Å². The van der Waals surface area contributed by atoms with Gasteiger partial charge in [-0.05, 0) is 5.56 Å². The lowest BCUT2D eigenvalue weighted by molar-refractivity contribution is 0.000487. The molecular weight excluding hydrogens is 236 g/mol. The van der Waals surface area contributed by atoms with Crippen LogP contribution in [0.25, 0.3) is 0 Å². The van der Waals surface area contributed by atoms with E-state index in [1.807, 2.05) is 24.4 Å². The minimum absolute atomic E-state index is 0.112. The van der Waals surface area contributed by atoms with Crippen LogP contribution in [0.3, 0.4) is 0 Å². The quantitative estimate of drug-likeness (QED) is 0.764. The van der Waals surface area contributed by atoms with E-state index < -0.39 is 0 Å². The van der Waals surface area contributed by atoms with E-state index in [0.29, 0.717) is 12.5 Å². The zero-order chi connectivity index (χ0) is 11.7. The summed E-state index contributed by atoms with van der Waals surface area (Å²) in [5.74, 6) is 1.42. The molecule has 0 bridgehead atoms. The molecule has 1 aliphatic heterocycles. The first-order valence-electron chi connectivity index (χ1n) is 5.64. The number of ether oxygens (including phenoxy) is 1. The van der Waals surface area contributed by atoms with Crippen molar-refractivity contribution >= 4 is 11.6 Å². The number of hydrogen-bond donors (Lipinski definition) is 0. The van der Waals surface area contributed by atoms with E-state index in [9.17, 15) is 0 Å². The Morgan fingerprint density at radius 1 is 1.35 bits per heavy atom. The number of nitrogens with zero attached hydrogens (tertiary/aromatic N) is 2. The number of rotatable bonds is 2. The molecule has 0 unspecified atom stereocenters. The molecule has 0 spiro atoms. The van der Waals surface area contributed by atoms with Gasteiger partial charge in [-0.25, -0.2) is 4.98 Å². The fourth-order valence-electron chi connectivity index (χ4n) is 2.13. The van der Waals surface area contributed by atoms with Crippen LogP contribution in [0.1, 0.15) is 23.2 Å². The van der Waals surface area contributed by atoms with Gasteiger partial charge in [0.2, 0.25) is 0 Å². The summed E-state index contributed by atoms with van der Waals surface area (Å²) in [4.78, 5) is 4.40. The normalized spacial score (nSPS) is 19.0. The first-order valence-corrected chi connectivity index (χ1v) is 6.17. The highest BCUT2D eigenvalue weighted by Gasteiger charge is 2.21. The summed E-state index contributed by atoms with van der Waals surface area (Å²) in [5, 5.41) is 0. The number of imidazole rings is 1. The maximum absolute atomic E-state index is 5.82. The first kappa shape index (κ1) is 10.8. The maximum Gasteiger partial charge on any atom is 0.135 e. The third kappa shape index (κ3) is 2.08. The van der Waals surface area contributed by atoms with Crippen LogP contribution in [0.15, 0.2) is 36.5 Å². The summed E-state index contributed by atoms with van der Waals surface area (Å²) < 4.78 is 7.96. The molecule has 0 aliphatic carbocycles. The minimum Gasteiger partial charge on any atom is -0.364 e. The molecule has 1 aromatic heterocycles. The average Bonchev–Trinajstić information content (AvgIpc) is 2.81. The summed E-state index contributed by atoms with van der Waals surface area (Å²) in [6, 6.07) is 10.3. The second-order valence-electron chi connectivity index (χ2n) is 4.14. The second-order valence-corrected chi connectivity index (χ2v) is 4.41. The van der Waals surface area contributed by atoms with Crippen molar-refractivity contribution in [3.8, 4) is 0 Å². The molecule has 2 heterocycles. The average molecular weight is 249 g/mol. The number of fused-ring (bicyclic) bond motifs is 1. The smallest absolute Gasteiger partial charge is 0.135 e. The highest BCUT2D eigenvalue weighted by Crippen LogP contribution is 2.26. The molecule has 1 aliphatic rings. The number of hydrogen-bond acceptors (Lipinski definition) is 2. The van der Waals surface area contributed by atoms with E-state index in [4.69, 9.17) is 16.3 Å². The van der Waals surface area contributed by atoms with Crippen LogP contribution >= 0.6 is 11.6 Å². The zero-order valence-electron chi connectivity index (χ0n) is 9.34. The molecular formula is C13H13ClN2O. The van der Waals surface area contributed by atoms with Crippen LogP contribution in [0.5, 0.6) is 0 Å². The minimum atomic E-state index is 0.112. The molecule has 0 N–H and O–H groups in total. The predicted octanol–water partition coefficient (Wildman–Crippen LogP) is 2.89. The van der Waals surface area contributed by atoms with Crippen molar-refractivity contribution < 1.29 is 4.74 Å². The van der Waals surface area contributed by atoms with E-state index in [-0.39, 0.29) is 6.10 Å². The fraction of sp³-hybridized carbons (Fsp3) is 0.308. The van der Waals surface area contributed by atoms with Gasteiger partial charge in [-0.1, -0.05) is 30.3 Å². The number of benzene rings is 1. The van der Waals surface area contributed by atoms with Crippen LogP contribution in [0.2, 0.25) is 0 Å². The van der Waals surface area contributed by atoms with Gasteiger partial charge in [0.25, 0.3) is 0 Å². The van der Waals surface area contributed by atoms with Crippen molar-refractivity contribution in [3.05, 3.63) is 53.6 Å². The Bertz CT molecular complexity index is 509. The number of halogens is 1. The summed E-state index contributed by atoms with van der Waals surface area (Å²) >= 11 is 5.78. The summed E-state index contributed by atoms with van der Waals surface area (Å²) in [7, 11) is 0. The van der Waals surface area contributed by atoms with Crippen molar-refractivity contribution in [3.63, 3.8) is 0 Å². The number of aromatic nitrogens is 2. The second kappa shape index (κ2) is 4.51. The Kier molecular flexibility index (Phi) is 2.87. The topological polar surface area (TPSA) is 27.1 Å². The number of alkyl halides is 1. The monoisotopic (exact) mass is 248 g/mol. The Morgan fingerprint density at radius 3 is 2.94 bits per heavy atom.